The molecule has 0 saturated carbocycles. The van der Waals surface area contributed by atoms with Gasteiger partial charge in [-0.15, -0.1) is 0 Å². The highest BCUT2D eigenvalue weighted by Gasteiger charge is 2.25. The van der Waals surface area contributed by atoms with Crippen LogP contribution in [-0.2, 0) is 4.74 Å². The summed E-state index contributed by atoms with van der Waals surface area (Å²) in [6.07, 6.45) is 6.49. The van der Waals surface area contributed by atoms with Crippen molar-refractivity contribution >= 4 is 22.1 Å². The van der Waals surface area contributed by atoms with Gasteiger partial charge in [0.25, 0.3) is 5.69 Å². The summed E-state index contributed by atoms with van der Waals surface area (Å²) in [4.78, 5) is 14.8. The fourth-order valence-corrected chi connectivity index (χ4v) is 3.04. The number of nitrogens with zero attached hydrogens (tertiary/aromatic N) is 2. The first-order valence-corrected chi connectivity index (χ1v) is 7.60. The Morgan fingerprint density at radius 3 is 3.00 bits per heavy atom. The van der Waals surface area contributed by atoms with E-state index in [-0.39, 0.29) is 22.8 Å². The number of non-ortho nitro benzene ring substituents is 1. The lowest BCUT2D eigenvalue weighted by atomic mass is 10.0. The Labute approximate surface area is 128 Å². The molecular formula is C16H19N3O3. The van der Waals surface area contributed by atoms with Crippen molar-refractivity contribution in [1.29, 1.82) is 0 Å². The van der Waals surface area contributed by atoms with E-state index in [0.29, 0.717) is 5.39 Å². The molecule has 1 aliphatic heterocycles. The van der Waals surface area contributed by atoms with Gasteiger partial charge >= 0.3 is 0 Å². The minimum Gasteiger partial charge on any atom is -0.379 e. The number of fused-ring (bicyclic) bond motifs is 1. The van der Waals surface area contributed by atoms with Crippen LogP contribution in [0.3, 0.4) is 0 Å². The molecule has 116 valence electrons. The number of ether oxygens (including phenoxy) is 1. The van der Waals surface area contributed by atoms with Crippen molar-refractivity contribution in [1.82, 2.24) is 4.98 Å². The average molecular weight is 301 g/mol. The van der Waals surface area contributed by atoms with Gasteiger partial charge < -0.3 is 10.1 Å². The second-order valence-electron chi connectivity index (χ2n) is 5.52. The van der Waals surface area contributed by atoms with Gasteiger partial charge in [-0.1, -0.05) is 6.92 Å². The molecule has 1 fully saturated rings. The van der Waals surface area contributed by atoms with Crippen LogP contribution >= 0.6 is 0 Å². The maximum Gasteiger partial charge on any atom is 0.278 e. The van der Waals surface area contributed by atoms with Crippen molar-refractivity contribution < 1.29 is 9.66 Å². The Bertz CT molecular complexity index is 683. The summed E-state index contributed by atoms with van der Waals surface area (Å²) in [7, 11) is 0. The molecular weight excluding hydrogens is 282 g/mol. The number of anilines is 1. The Kier molecular flexibility index (Phi) is 4.20. The Morgan fingerprint density at radius 2 is 2.32 bits per heavy atom. The monoisotopic (exact) mass is 301 g/mol. The summed E-state index contributed by atoms with van der Waals surface area (Å²) in [6, 6.07) is 5.33. The number of benzene rings is 1. The molecule has 2 atom stereocenters. The summed E-state index contributed by atoms with van der Waals surface area (Å²) in [5, 5.41) is 16.0. The molecule has 6 nitrogen and oxygen atoms in total. The Balaban J connectivity index is 1.97. The number of hydrogen-bond acceptors (Lipinski definition) is 5. The van der Waals surface area contributed by atoms with Gasteiger partial charge in [-0.05, 0) is 31.4 Å². The van der Waals surface area contributed by atoms with Gasteiger partial charge in [0.2, 0.25) is 0 Å². The number of pyridine rings is 1. The predicted octanol–water partition coefficient (Wildman–Crippen LogP) is 3.51. The van der Waals surface area contributed by atoms with Crippen LogP contribution in [0.2, 0.25) is 0 Å². The topological polar surface area (TPSA) is 77.3 Å². The molecule has 0 spiro atoms. The zero-order chi connectivity index (χ0) is 15.5. The first-order valence-electron chi connectivity index (χ1n) is 7.60. The van der Waals surface area contributed by atoms with Crippen LogP contribution < -0.4 is 5.32 Å². The van der Waals surface area contributed by atoms with E-state index in [9.17, 15) is 10.1 Å². The number of nitro groups is 1. The first-order chi connectivity index (χ1) is 10.7. The van der Waals surface area contributed by atoms with Gasteiger partial charge in [-0.2, -0.15) is 0 Å². The van der Waals surface area contributed by atoms with Crippen molar-refractivity contribution in [2.45, 2.75) is 38.3 Å². The largest absolute Gasteiger partial charge is 0.379 e. The Hall–Kier alpha value is -2.21. The molecule has 1 aliphatic rings. The second kappa shape index (κ2) is 6.27. The lowest BCUT2D eigenvalue weighted by molar-refractivity contribution is -0.383. The minimum atomic E-state index is -0.370. The molecule has 2 unspecified atom stereocenters. The maximum atomic E-state index is 11.2. The molecule has 1 aromatic heterocycles. The lowest BCUT2D eigenvalue weighted by Gasteiger charge is -2.24. The van der Waals surface area contributed by atoms with E-state index in [1.54, 1.807) is 18.5 Å². The van der Waals surface area contributed by atoms with Crippen molar-refractivity contribution in [3.8, 4) is 0 Å². The minimum absolute atomic E-state index is 0.0822. The van der Waals surface area contributed by atoms with E-state index < -0.39 is 0 Å². The van der Waals surface area contributed by atoms with E-state index >= 15 is 0 Å². The predicted molar refractivity (Wildman–Crippen MR) is 85.1 cm³/mol. The van der Waals surface area contributed by atoms with Gasteiger partial charge in [0, 0.05) is 36.1 Å². The van der Waals surface area contributed by atoms with Crippen molar-refractivity contribution in [2.75, 3.05) is 11.9 Å². The van der Waals surface area contributed by atoms with Crippen LogP contribution in [0, 0.1) is 10.1 Å². The molecule has 1 aromatic carbocycles. The van der Waals surface area contributed by atoms with Crippen molar-refractivity contribution in [2.24, 2.45) is 0 Å². The molecule has 0 bridgehead atoms. The lowest BCUT2D eigenvalue weighted by Crippen LogP contribution is -2.32. The second-order valence-corrected chi connectivity index (χ2v) is 5.52. The molecule has 3 rings (SSSR count). The van der Waals surface area contributed by atoms with Gasteiger partial charge in [-0.3, -0.25) is 15.1 Å². The highest BCUT2D eigenvalue weighted by atomic mass is 16.6. The van der Waals surface area contributed by atoms with Crippen LogP contribution in [0.5, 0.6) is 0 Å². The third-order valence-corrected chi connectivity index (χ3v) is 4.19. The van der Waals surface area contributed by atoms with Crippen LogP contribution in [0.1, 0.15) is 26.2 Å². The van der Waals surface area contributed by atoms with E-state index in [0.717, 1.165) is 36.9 Å². The molecule has 0 radical (unpaired) electrons. The van der Waals surface area contributed by atoms with Crippen LogP contribution in [0.25, 0.3) is 10.8 Å². The molecule has 1 saturated heterocycles. The molecule has 0 amide bonds. The summed E-state index contributed by atoms with van der Waals surface area (Å²) in [5.41, 5.74) is 0.976. The van der Waals surface area contributed by atoms with E-state index in [2.05, 4.69) is 17.2 Å². The quantitative estimate of drug-likeness (QED) is 0.675. The summed E-state index contributed by atoms with van der Waals surface area (Å²) >= 11 is 0. The van der Waals surface area contributed by atoms with Crippen LogP contribution in [0.4, 0.5) is 11.4 Å². The zero-order valence-electron chi connectivity index (χ0n) is 12.5. The number of nitro benzene ring substituents is 1. The zero-order valence-corrected chi connectivity index (χ0v) is 12.5. The molecule has 2 aromatic rings. The number of nitrogens with one attached hydrogen (secondary N) is 1. The highest BCUT2D eigenvalue weighted by molar-refractivity contribution is 5.99. The van der Waals surface area contributed by atoms with Gasteiger partial charge in [0.15, 0.2) is 0 Å². The van der Waals surface area contributed by atoms with Crippen molar-refractivity contribution in [3.63, 3.8) is 0 Å². The third-order valence-electron chi connectivity index (χ3n) is 4.19. The summed E-state index contributed by atoms with van der Waals surface area (Å²) in [5.74, 6) is 0. The SMILES string of the molecule is CCC(Nc1ccc([N+](=O)[O-])c2cnccc12)C1CCCO1. The van der Waals surface area contributed by atoms with Crippen LogP contribution in [0.15, 0.2) is 30.6 Å². The van der Waals surface area contributed by atoms with Gasteiger partial charge in [0.1, 0.15) is 0 Å². The van der Waals surface area contributed by atoms with E-state index in [1.807, 2.05) is 6.07 Å². The smallest absolute Gasteiger partial charge is 0.278 e. The van der Waals surface area contributed by atoms with E-state index in [1.165, 1.54) is 6.07 Å². The molecule has 6 heteroatoms. The molecule has 22 heavy (non-hydrogen) atoms. The fourth-order valence-electron chi connectivity index (χ4n) is 3.04. The maximum absolute atomic E-state index is 11.2. The third kappa shape index (κ3) is 2.74. The number of hydrogen-bond donors (Lipinski definition) is 1. The highest BCUT2D eigenvalue weighted by Crippen LogP contribution is 2.32. The molecule has 2 heterocycles. The Morgan fingerprint density at radius 1 is 1.45 bits per heavy atom. The normalized spacial score (nSPS) is 19.2. The standard InChI is InChI=1S/C16H19N3O3/c1-2-13(16-4-3-9-22-16)18-14-5-6-15(19(20)21)12-10-17-8-7-11(12)14/h5-8,10,13,16,18H,2-4,9H2,1H3. The van der Waals surface area contributed by atoms with E-state index in [4.69, 9.17) is 4.74 Å². The average Bonchev–Trinajstić information content (AvgIpc) is 3.06. The number of rotatable bonds is 5. The van der Waals surface area contributed by atoms with Crippen LogP contribution in [-0.4, -0.2) is 28.7 Å². The summed E-state index contributed by atoms with van der Waals surface area (Å²) in [6.45, 7) is 2.93. The van der Waals surface area contributed by atoms with Crippen molar-refractivity contribution in [3.05, 3.63) is 40.7 Å². The summed E-state index contributed by atoms with van der Waals surface area (Å²) < 4.78 is 5.77. The molecule has 0 aliphatic carbocycles. The number of aromatic nitrogens is 1. The van der Waals surface area contributed by atoms with Gasteiger partial charge in [0.05, 0.1) is 22.5 Å². The first kappa shape index (κ1) is 14.7. The van der Waals surface area contributed by atoms with Gasteiger partial charge in [-0.25, -0.2) is 0 Å². The molecule has 1 N–H and O–H groups in total. The fraction of sp³-hybridized carbons (Fsp3) is 0.438.